The summed E-state index contributed by atoms with van der Waals surface area (Å²) >= 11 is 0. The molecule has 3 aromatic heterocycles. The highest BCUT2D eigenvalue weighted by atomic mass is 16.5. The lowest BCUT2D eigenvalue weighted by atomic mass is 10.0. The number of hydrogen-bond donors (Lipinski definition) is 3. The minimum absolute atomic E-state index is 0.0519. The van der Waals surface area contributed by atoms with E-state index in [2.05, 4.69) is 32.4 Å². The second-order valence-corrected chi connectivity index (χ2v) is 10.8. The predicted molar refractivity (Wildman–Crippen MR) is 146 cm³/mol. The second-order valence-electron chi connectivity index (χ2n) is 10.8. The number of carbonyl (C=O) groups excluding carboxylic acids is 1. The highest BCUT2D eigenvalue weighted by Crippen LogP contribution is 2.46. The number of nitrogens with one attached hydrogen (secondary N) is 2. The Morgan fingerprint density at radius 2 is 2.03 bits per heavy atom. The van der Waals surface area contributed by atoms with Gasteiger partial charge in [-0.2, -0.15) is 0 Å². The summed E-state index contributed by atoms with van der Waals surface area (Å²) in [6.45, 7) is 7.91. The van der Waals surface area contributed by atoms with Gasteiger partial charge >= 0.3 is 0 Å². The van der Waals surface area contributed by atoms with Gasteiger partial charge in [-0.15, -0.1) is 0 Å². The van der Waals surface area contributed by atoms with Gasteiger partial charge in [0, 0.05) is 54.9 Å². The number of morpholine rings is 1. The molecule has 0 spiro atoms. The van der Waals surface area contributed by atoms with Crippen LogP contribution in [-0.2, 0) is 9.53 Å². The average Bonchev–Trinajstić information content (AvgIpc) is 3.61. The molecule has 4 aromatic rings. The summed E-state index contributed by atoms with van der Waals surface area (Å²) in [6, 6.07) is 7.86. The maximum Gasteiger partial charge on any atom is 0.229 e. The largest absolute Gasteiger partial charge is 0.436 e. The Balaban J connectivity index is 1.34. The summed E-state index contributed by atoms with van der Waals surface area (Å²) in [4.78, 5) is 28.9. The third-order valence-electron chi connectivity index (χ3n) is 7.50. The van der Waals surface area contributed by atoms with Crippen LogP contribution in [0.3, 0.4) is 0 Å². The van der Waals surface area contributed by atoms with Gasteiger partial charge in [-0.25, -0.2) is 15.0 Å². The van der Waals surface area contributed by atoms with E-state index < -0.39 is 5.60 Å². The van der Waals surface area contributed by atoms with Crippen LogP contribution < -0.4 is 15.5 Å². The molecule has 38 heavy (non-hydrogen) atoms. The fourth-order valence-corrected chi connectivity index (χ4v) is 5.34. The van der Waals surface area contributed by atoms with Gasteiger partial charge in [0.25, 0.3) is 0 Å². The van der Waals surface area contributed by atoms with E-state index in [0.717, 1.165) is 35.1 Å². The molecule has 1 aromatic carbocycles. The minimum Gasteiger partial charge on any atom is -0.436 e. The van der Waals surface area contributed by atoms with Crippen molar-refractivity contribution in [3.8, 4) is 11.5 Å². The number of hydrogen-bond acceptors (Lipinski definition) is 9. The summed E-state index contributed by atoms with van der Waals surface area (Å²) in [5, 5.41) is 17.8. The number of aromatic nitrogens is 3. The molecule has 0 bridgehead atoms. The van der Waals surface area contributed by atoms with Gasteiger partial charge in [0.2, 0.25) is 11.8 Å². The molecule has 3 N–H and O–H groups in total. The Hall–Kier alpha value is -3.76. The molecule has 0 unspecified atom stereocenters. The fourth-order valence-electron chi connectivity index (χ4n) is 5.34. The lowest BCUT2D eigenvalue weighted by molar-refractivity contribution is -0.118. The standard InChI is InChI=1S/C28H32N6O4/c1-15-14-34(7-8-37-15)16-5-6-23-22(9-16)32-27(38-23)20-13-31-25(29-4)19-12-30-24(11-17(19)20)33-26(35)18-10-21(18)28(2,3)36/h5-6,9,11-13,15,18,21,36H,7-8,10,14H2,1-4H3,(H,29,31)(H,30,33,35)/t15-,18-,21+/m0/s1. The zero-order chi connectivity index (χ0) is 26.6. The lowest BCUT2D eigenvalue weighted by Gasteiger charge is -2.32. The van der Waals surface area contributed by atoms with Crippen molar-refractivity contribution in [2.45, 2.75) is 38.9 Å². The van der Waals surface area contributed by atoms with Gasteiger partial charge in [-0.05, 0) is 57.4 Å². The maximum absolute atomic E-state index is 12.8. The molecule has 1 aliphatic carbocycles. The molecule has 10 nitrogen and oxygen atoms in total. The summed E-state index contributed by atoms with van der Waals surface area (Å²) < 4.78 is 11.8. The monoisotopic (exact) mass is 516 g/mol. The van der Waals surface area contributed by atoms with Crippen molar-refractivity contribution >= 4 is 45.1 Å². The van der Waals surface area contributed by atoms with Gasteiger partial charge in [-0.1, -0.05) is 0 Å². The van der Waals surface area contributed by atoms with Gasteiger partial charge in [0.05, 0.1) is 23.9 Å². The maximum atomic E-state index is 12.8. The number of carbonyl (C=O) groups is 1. The third-order valence-corrected chi connectivity index (χ3v) is 7.50. The van der Waals surface area contributed by atoms with E-state index in [0.29, 0.717) is 41.7 Å². The van der Waals surface area contributed by atoms with Gasteiger partial charge < -0.3 is 29.8 Å². The number of nitrogens with zero attached hydrogens (tertiary/aromatic N) is 4. The summed E-state index contributed by atoms with van der Waals surface area (Å²) in [5.74, 6) is 1.12. The van der Waals surface area contributed by atoms with Crippen molar-refractivity contribution in [3.63, 3.8) is 0 Å². The molecule has 2 aliphatic rings. The number of aliphatic hydroxyl groups is 1. The van der Waals surface area contributed by atoms with Crippen molar-refractivity contribution in [2.24, 2.45) is 11.8 Å². The molecule has 6 rings (SSSR count). The number of pyridine rings is 2. The normalized spacial score (nSPS) is 21.6. The average molecular weight is 517 g/mol. The van der Waals surface area contributed by atoms with Gasteiger partial charge in [0.15, 0.2) is 5.58 Å². The number of oxazole rings is 1. The highest BCUT2D eigenvalue weighted by Gasteiger charge is 2.51. The zero-order valence-corrected chi connectivity index (χ0v) is 22.0. The van der Waals surface area contributed by atoms with Gasteiger partial charge in [0.1, 0.15) is 17.2 Å². The first-order valence-electron chi connectivity index (χ1n) is 13.0. The number of anilines is 3. The smallest absolute Gasteiger partial charge is 0.229 e. The van der Waals surface area contributed by atoms with Crippen LogP contribution in [0.25, 0.3) is 33.3 Å². The van der Waals surface area contributed by atoms with Crippen LogP contribution in [-0.4, -0.2) is 64.4 Å². The zero-order valence-electron chi connectivity index (χ0n) is 22.0. The predicted octanol–water partition coefficient (Wildman–Crippen LogP) is 4.05. The topological polar surface area (TPSA) is 126 Å². The van der Waals surface area contributed by atoms with Crippen LogP contribution in [0.4, 0.5) is 17.3 Å². The number of rotatable bonds is 6. The van der Waals surface area contributed by atoms with E-state index in [1.165, 1.54) is 0 Å². The molecule has 0 radical (unpaired) electrons. The van der Waals surface area contributed by atoms with Crippen molar-refractivity contribution in [1.29, 1.82) is 0 Å². The summed E-state index contributed by atoms with van der Waals surface area (Å²) in [7, 11) is 1.80. The van der Waals surface area contributed by atoms with Crippen molar-refractivity contribution in [2.75, 3.05) is 42.3 Å². The van der Waals surface area contributed by atoms with Crippen LogP contribution in [0, 0.1) is 11.8 Å². The summed E-state index contributed by atoms with van der Waals surface area (Å²) in [5.41, 5.74) is 2.35. The molecule has 2 fully saturated rings. The van der Waals surface area contributed by atoms with E-state index in [9.17, 15) is 9.90 Å². The molecule has 198 valence electrons. The number of benzene rings is 1. The van der Waals surface area contributed by atoms with Crippen LogP contribution in [0.5, 0.6) is 0 Å². The molecule has 4 heterocycles. The van der Waals surface area contributed by atoms with E-state index >= 15 is 0 Å². The first-order chi connectivity index (χ1) is 18.2. The van der Waals surface area contributed by atoms with E-state index in [1.807, 2.05) is 24.3 Å². The van der Waals surface area contributed by atoms with Gasteiger partial charge in [-0.3, -0.25) is 4.79 Å². The Bertz CT molecular complexity index is 1530. The van der Waals surface area contributed by atoms with E-state index in [4.69, 9.17) is 14.1 Å². The third kappa shape index (κ3) is 4.54. The minimum atomic E-state index is -0.883. The van der Waals surface area contributed by atoms with Crippen molar-refractivity contribution in [1.82, 2.24) is 15.0 Å². The Morgan fingerprint density at radius 1 is 1.18 bits per heavy atom. The van der Waals surface area contributed by atoms with Crippen molar-refractivity contribution < 1.29 is 19.1 Å². The Morgan fingerprint density at radius 3 is 2.76 bits per heavy atom. The SMILES string of the molecule is CNc1ncc(-c2nc3cc(N4CCO[C@@H](C)C4)ccc3o2)c2cc(NC(=O)[C@H]3C[C@H]3C(C)(C)O)ncc12. The molecule has 1 saturated carbocycles. The lowest BCUT2D eigenvalue weighted by Crippen LogP contribution is -2.41. The molecule has 1 amide bonds. The van der Waals surface area contributed by atoms with Crippen molar-refractivity contribution in [3.05, 3.63) is 36.7 Å². The quantitative estimate of drug-likeness (QED) is 0.348. The van der Waals surface area contributed by atoms with Crippen LogP contribution >= 0.6 is 0 Å². The Labute approximate surface area is 220 Å². The summed E-state index contributed by atoms with van der Waals surface area (Å²) in [6.07, 6.45) is 4.25. The number of ether oxygens (including phenoxy) is 1. The second kappa shape index (κ2) is 9.21. The Kier molecular flexibility index (Phi) is 5.96. The van der Waals surface area contributed by atoms with Crippen LogP contribution in [0.2, 0.25) is 0 Å². The first kappa shape index (κ1) is 24.6. The highest BCUT2D eigenvalue weighted by molar-refractivity contribution is 6.03. The van der Waals surface area contributed by atoms with Crippen LogP contribution in [0.1, 0.15) is 27.2 Å². The molecular formula is C28H32N6O4. The van der Waals surface area contributed by atoms with E-state index in [-0.39, 0.29) is 23.8 Å². The molecule has 1 saturated heterocycles. The number of fused-ring (bicyclic) bond motifs is 2. The van der Waals surface area contributed by atoms with Crippen LogP contribution in [0.15, 0.2) is 41.1 Å². The number of amides is 1. The molecular weight excluding hydrogens is 484 g/mol. The fraction of sp³-hybridized carbons (Fsp3) is 0.429. The molecule has 3 atom stereocenters. The first-order valence-corrected chi connectivity index (χ1v) is 13.0. The van der Waals surface area contributed by atoms with E-state index in [1.54, 1.807) is 33.3 Å². The molecule has 1 aliphatic heterocycles. The molecule has 10 heteroatoms.